The van der Waals surface area contributed by atoms with E-state index in [4.69, 9.17) is 4.74 Å². The van der Waals surface area contributed by atoms with Gasteiger partial charge in [-0.3, -0.25) is 4.79 Å². The second-order valence-corrected chi connectivity index (χ2v) is 5.14. The summed E-state index contributed by atoms with van der Waals surface area (Å²) in [5.74, 6) is 1.34. The lowest BCUT2D eigenvalue weighted by atomic mass is 9.98. The zero-order valence-corrected chi connectivity index (χ0v) is 11.0. The molecule has 2 N–H and O–H groups in total. The van der Waals surface area contributed by atoms with E-state index in [0.717, 1.165) is 48.1 Å². The smallest absolute Gasteiger partial charge is 0.251 e. The van der Waals surface area contributed by atoms with Crippen LogP contribution in [-0.4, -0.2) is 25.2 Å². The number of H-pyrrole nitrogens is 1. The maximum Gasteiger partial charge on any atom is 0.251 e. The third-order valence-corrected chi connectivity index (χ3v) is 3.80. The van der Waals surface area contributed by atoms with Gasteiger partial charge in [-0.15, -0.1) is 0 Å². The lowest BCUT2D eigenvalue weighted by Crippen LogP contribution is -2.18. The molecule has 19 heavy (non-hydrogen) atoms. The molecule has 1 aromatic carbocycles. The summed E-state index contributed by atoms with van der Waals surface area (Å²) < 4.78 is 5.17. The number of hydrogen-bond acceptors (Lipinski definition) is 3. The number of ether oxygens (including phenoxy) is 1. The van der Waals surface area contributed by atoms with Crippen molar-refractivity contribution in [2.75, 3.05) is 20.2 Å². The molecule has 2 aromatic rings. The van der Waals surface area contributed by atoms with Gasteiger partial charge in [0.15, 0.2) is 0 Å². The summed E-state index contributed by atoms with van der Waals surface area (Å²) in [7, 11) is 1.63. The topological polar surface area (TPSA) is 54.1 Å². The maximum atomic E-state index is 12.1. The van der Waals surface area contributed by atoms with E-state index < -0.39 is 0 Å². The third kappa shape index (κ3) is 2.49. The monoisotopic (exact) mass is 258 g/mol. The molecule has 4 heteroatoms. The number of fused-ring (bicyclic) bond motifs is 1. The van der Waals surface area contributed by atoms with Crippen LogP contribution in [0.3, 0.4) is 0 Å². The number of hydrogen-bond donors (Lipinski definition) is 2. The number of benzene rings is 1. The van der Waals surface area contributed by atoms with Crippen molar-refractivity contribution in [1.29, 1.82) is 0 Å². The maximum absolute atomic E-state index is 12.1. The molecule has 2 heterocycles. The Morgan fingerprint density at radius 1 is 1.37 bits per heavy atom. The van der Waals surface area contributed by atoms with Gasteiger partial charge in [0, 0.05) is 11.6 Å². The van der Waals surface area contributed by atoms with E-state index in [2.05, 4.69) is 10.3 Å². The Morgan fingerprint density at radius 3 is 3.00 bits per heavy atom. The van der Waals surface area contributed by atoms with Crippen LogP contribution in [0.15, 0.2) is 29.1 Å². The van der Waals surface area contributed by atoms with Crippen molar-refractivity contribution in [2.45, 2.75) is 12.8 Å². The highest BCUT2D eigenvalue weighted by molar-refractivity contribution is 5.80. The Bertz CT molecular complexity index is 642. The van der Waals surface area contributed by atoms with Crippen molar-refractivity contribution < 1.29 is 4.74 Å². The molecule has 100 valence electrons. The van der Waals surface area contributed by atoms with Crippen molar-refractivity contribution in [3.63, 3.8) is 0 Å². The van der Waals surface area contributed by atoms with E-state index in [1.807, 2.05) is 24.3 Å². The van der Waals surface area contributed by atoms with Crippen LogP contribution < -0.4 is 15.6 Å². The highest BCUT2D eigenvalue weighted by Crippen LogP contribution is 2.20. The van der Waals surface area contributed by atoms with Gasteiger partial charge >= 0.3 is 0 Å². The molecule has 0 amide bonds. The van der Waals surface area contributed by atoms with Crippen LogP contribution in [0.2, 0.25) is 0 Å². The minimum absolute atomic E-state index is 0.0210. The minimum Gasteiger partial charge on any atom is -0.497 e. The van der Waals surface area contributed by atoms with Crippen LogP contribution in [0, 0.1) is 5.92 Å². The summed E-state index contributed by atoms with van der Waals surface area (Å²) in [5, 5.41) is 4.39. The van der Waals surface area contributed by atoms with Crippen LogP contribution in [-0.2, 0) is 6.42 Å². The molecule has 4 nitrogen and oxygen atoms in total. The Labute approximate surface area is 111 Å². The average Bonchev–Trinajstić information content (AvgIpc) is 2.92. The highest BCUT2D eigenvalue weighted by Gasteiger charge is 2.16. The Kier molecular flexibility index (Phi) is 3.25. The molecule has 1 aliphatic rings. The molecule has 0 spiro atoms. The second-order valence-electron chi connectivity index (χ2n) is 5.14. The van der Waals surface area contributed by atoms with E-state index in [1.165, 1.54) is 0 Å². The molecule has 1 aromatic heterocycles. The first-order valence-electron chi connectivity index (χ1n) is 6.67. The first kappa shape index (κ1) is 12.2. The van der Waals surface area contributed by atoms with E-state index in [-0.39, 0.29) is 5.56 Å². The van der Waals surface area contributed by atoms with Crippen molar-refractivity contribution in [3.8, 4) is 5.75 Å². The number of nitrogens with one attached hydrogen (secondary N) is 2. The van der Waals surface area contributed by atoms with E-state index in [1.54, 1.807) is 7.11 Å². The lowest BCUT2D eigenvalue weighted by Gasteiger charge is -2.09. The zero-order chi connectivity index (χ0) is 13.2. The van der Waals surface area contributed by atoms with Gasteiger partial charge in [-0.2, -0.15) is 0 Å². The quantitative estimate of drug-likeness (QED) is 0.881. The summed E-state index contributed by atoms with van der Waals surface area (Å²) in [6.45, 7) is 2.08. The molecular weight excluding hydrogens is 240 g/mol. The molecule has 0 bridgehead atoms. The number of rotatable bonds is 3. The fourth-order valence-electron chi connectivity index (χ4n) is 2.70. The summed E-state index contributed by atoms with van der Waals surface area (Å²) >= 11 is 0. The summed E-state index contributed by atoms with van der Waals surface area (Å²) in [5.41, 5.74) is 1.73. The van der Waals surface area contributed by atoms with Gasteiger partial charge < -0.3 is 15.0 Å². The largest absolute Gasteiger partial charge is 0.497 e. The molecular formula is C15H18N2O2. The molecule has 0 saturated carbocycles. The molecule has 0 radical (unpaired) electrons. The SMILES string of the molecule is COc1ccc2cc(CC3CCNC3)c(=O)[nH]c2c1. The number of aromatic nitrogens is 1. The normalized spacial score (nSPS) is 18.9. The van der Waals surface area contributed by atoms with Crippen LogP contribution >= 0.6 is 0 Å². The number of methoxy groups -OCH3 is 1. The Hall–Kier alpha value is -1.81. The highest BCUT2D eigenvalue weighted by atomic mass is 16.5. The van der Waals surface area contributed by atoms with Crippen molar-refractivity contribution in [3.05, 3.63) is 40.2 Å². The van der Waals surface area contributed by atoms with Crippen molar-refractivity contribution in [2.24, 2.45) is 5.92 Å². The summed E-state index contributed by atoms with van der Waals surface area (Å²) in [6, 6.07) is 7.77. The van der Waals surface area contributed by atoms with Gasteiger partial charge in [-0.25, -0.2) is 0 Å². The van der Waals surface area contributed by atoms with Crippen LogP contribution in [0.1, 0.15) is 12.0 Å². The fourth-order valence-corrected chi connectivity index (χ4v) is 2.70. The third-order valence-electron chi connectivity index (χ3n) is 3.80. The van der Waals surface area contributed by atoms with E-state index >= 15 is 0 Å². The molecule has 1 unspecified atom stereocenters. The Morgan fingerprint density at radius 2 is 2.26 bits per heavy atom. The molecule has 1 fully saturated rings. The van der Waals surface area contributed by atoms with Gasteiger partial charge in [-0.05, 0) is 55.4 Å². The lowest BCUT2D eigenvalue weighted by molar-refractivity contribution is 0.415. The molecule has 0 aliphatic carbocycles. The first-order valence-corrected chi connectivity index (χ1v) is 6.67. The fraction of sp³-hybridized carbons (Fsp3) is 0.400. The standard InChI is InChI=1S/C15H18N2O2/c1-19-13-3-2-11-7-12(6-10-4-5-16-9-10)15(18)17-14(11)8-13/h2-3,7-8,10,16H,4-6,9H2,1H3,(H,17,18). The summed E-state index contributed by atoms with van der Waals surface area (Å²) in [6.07, 6.45) is 2.00. The van der Waals surface area contributed by atoms with Gasteiger partial charge in [0.1, 0.15) is 5.75 Å². The van der Waals surface area contributed by atoms with Crippen LogP contribution in [0.25, 0.3) is 10.9 Å². The van der Waals surface area contributed by atoms with Crippen molar-refractivity contribution >= 4 is 10.9 Å². The van der Waals surface area contributed by atoms with Gasteiger partial charge in [0.2, 0.25) is 0 Å². The van der Waals surface area contributed by atoms with Gasteiger partial charge in [-0.1, -0.05) is 0 Å². The zero-order valence-electron chi connectivity index (χ0n) is 11.0. The summed E-state index contributed by atoms with van der Waals surface area (Å²) in [4.78, 5) is 15.1. The second kappa shape index (κ2) is 5.05. The Balaban J connectivity index is 1.97. The van der Waals surface area contributed by atoms with Gasteiger partial charge in [0.05, 0.1) is 12.6 Å². The predicted molar refractivity (Wildman–Crippen MR) is 75.8 cm³/mol. The number of pyridine rings is 1. The molecule has 1 saturated heterocycles. The van der Waals surface area contributed by atoms with E-state index in [0.29, 0.717) is 5.92 Å². The van der Waals surface area contributed by atoms with Gasteiger partial charge in [0.25, 0.3) is 5.56 Å². The van der Waals surface area contributed by atoms with Crippen molar-refractivity contribution in [1.82, 2.24) is 10.3 Å². The predicted octanol–water partition coefficient (Wildman–Crippen LogP) is 1.69. The molecule has 3 rings (SSSR count). The molecule has 1 atom stereocenters. The molecule has 1 aliphatic heterocycles. The average molecular weight is 258 g/mol. The van der Waals surface area contributed by atoms with E-state index in [9.17, 15) is 4.79 Å². The minimum atomic E-state index is 0.0210. The number of aromatic amines is 1. The first-order chi connectivity index (χ1) is 9.26. The van der Waals surface area contributed by atoms with Crippen LogP contribution in [0.4, 0.5) is 0 Å². The van der Waals surface area contributed by atoms with Crippen LogP contribution in [0.5, 0.6) is 5.75 Å².